The fourth-order valence-corrected chi connectivity index (χ4v) is 2.72. The minimum atomic E-state index is -0.419. The molecule has 0 unspecified atom stereocenters. The van der Waals surface area contributed by atoms with Gasteiger partial charge in [-0.25, -0.2) is 4.39 Å². The molecule has 1 fully saturated rings. The highest BCUT2D eigenvalue weighted by Crippen LogP contribution is 2.21. The van der Waals surface area contributed by atoms with E-state index in [2.05, 4.69) is 15.5 Å². The van der Waals surface area contributed by atoms with E-state index in [0.29, 0.717) is 24.4 Å². The Balaban J connectivity index is 1.95. The van der Waals surface area contributed by atoms with E-state index in [9.17, 15) is 14.0 Å². The number of aromatic nitrogens is 4. The van der Waals surface area contributed by atoms with Gasteiger partial charge in [-0.05, 0) is 47.5 Å². The first-order valence-electron chi connectivity index (χ1n) is 7.77. The second-order valence-electron chi connectivity index (χ2n) is 5.86. The molecule has 0 radical (unpaired) electrons. The van der Waals surface area contributed by atoms with E-state index in [1.54, 1.807) is 30.0 Å². The predicted molar refractivity (Wildman–Crippen MR) is 87.0 cm³/mol. The molecule has 2 amide bonds. The SMILES string of the molecule is Cc1nnnn1/C(=C\c1ccc(F)cc1)C(=O)N1CC[C@@H](C(N)=O)C1. The zero-order chi connectivity index (χ0) is 18.0. The van der Waals surface area contributed by atoms with Gasteiger partial charge in [-0.3, -0.25) is 9.59 Å². The van der Waals surface area contributed by atoms with Crippen molar-refractivity contribution in [2.24, 2.45) is 11.7 Å². The molecule has 1 aromatic carbocycles. The van der Waals surface area contributed by atoms with Crippen molar-refractivity contribution in [1.29, 1.82) is 0 Å². The van der Waals surface area contributed by atoms with E-state index in [1.165, 1.54) is 16.8 Å². The first-order chi connectivity index (χ1) is 12.0. The first-order valence-corrected chi connectivity index (χ1v) is 7.77. The summed E-state index contributed by atoms with van der Waals surface area (Å²) in [6, 6.07) is 5.72. The summed E-state index contributed by atoms with van der Waals surface area (Å²) in [5.41, 5.74) is 6.18. The Bertz CT molecular complexity index is 829. The lowest BCUT2D eigenvalue weighted by Gasteiger charge is -2.18. The summed E-state index contributed by atoms with van der Waals surface area (Å²) >= 11 is 0. The Hall–Kier alpha value is -3.10. The molecule has 8 nitrogen and oxygen atoms in total. The summed E-state index contributed by atoms with van der Waals surface area (Å²) in [7, 11) is 0. The van der Waals surface area contributed by atoms with E-state index >= 15 is 0 Å². The predicted octanol–water partition coefficient (Wildman–Crippen LogP) is 0.453. The standard InChI is InChI=1S/C16H17FN6O2/c1-10-19-20-21-23(10)14(8-11-2-4-13(17)5-3-11)16(25)22-7-6-12(9-22)15(18)24/h2-5,8,12H,6-7,9H2,1H3,(H2,18,24)/b14-8-/t12-/m1/s1. The monoisotopic (exact) mass is 344 g/mol. The van der Waals surface area contributed by atoms with Crippen molar-refractivity contribution >= 4 is 23.6 Å². The first kappa shape index (κ1) is 16.7. The molecule has 2 heterocycles. The van der Waals surface area contributed by atoms with E-state index < -0.39 is 5.91 Å². The Morgan fingerprint density at radius 1 is 1.32 bits per heavy atom. The van der Waals surface area contributed by atoms with Crippen molar-refractivity contribution in [3.63, 3.8) is 0 Å². The maximum Gasteiger partial charge on any atom is 0.272 e. The highest BCUT2D eigenvalue weighted by Gasteiger charge is 2.32. The van der Waals surface area contributed by atoms with Crippen LogP contribution in [0.5, 0.6) is 0 Å². The lowest BCUT2D eigenvalue weighted by atomic mass is 10.1. The van der Waals surface area contributed by atoms with Gasteiger partial charge in [-0.15, -0.1) is 5.10 Å². The van der Waals surface area contributed by atoms with Crippen LogP contribution in [0.2, 0.25) is 0 Å². The fraction of sp³-hybridized carbons (Fsp3) is 0.312. The van der Waals surface area contributed by atoms with Crippen LogP contribution in [-0.4, -0.2) is 50.0 Å². The van der Waals surface area contributed by atoms with E-state index in [0.717, 1.165) is 0 Å². The minimum Gasteiger partial charge on any atom is -0.369 e. The van der Waals surface area contributed by atoms with Crippen LogP contribution in [0.25, 0.3) is 11.8 Å². The third kappa shape index (κ3) is 3.54. The molecule has 25 heavy (non-hydrogen) atoms. The van der Waals surface area contributed by atoms with Gasteiger partial charge in [-0.2, -0.15) is 4.68 Å². The van der Waals surface area contributed by atoms with E-state index in [-0.39, 0.29) is 29.9 Å². The maximum absolute atomic E-state index is 13.1. The van der Waals surface area contributed by atoms with Crippen LogP contribution in [0.1, 0.15) is 17.8 Å². The van der Waals surface area contributed by atoms with E-state index in [1.807, 2.05) is 0 Å². The Kier molecular flexibility index (Phi) is 4.55. The van der Waals surface area contributed by atoms with E-state index in [4.69, 9.17) is 5.73 Å². The van der Waals surface area contributed by atoms with Gasteiger partial charge < -0.3 is 10.6 Å². The molecule has 0 bridgehead atoms. The summed E-state index contributed by atoms with van der Waals surface area (Å²) in [6.45, 7) is 2.35. The summed E-state index contributed by atoms with van der Waals surface area (Å²) in [4.78, 5) is 25.8. The van der Waals surface area contributed by atoms with Crippen molar-refractivity contribution in [2.75, 3.05) is 13.1 Å². The molecular formula is C16H17FN6O2. The largest absolute Gasteiger partial charge is 0.369 e. The van der Waals surface area contributed by atoms with Crippen LogP contribution in [0, 0.1) is 18.7 Å². The third-order valence-electron chi connectivity index (χ3n) is 4.12. The summed E-state index contributed by atoms with van der Waals surface area (Å²) < 4.78 is 14.4. The molecule has 0 aliphatic carbocycles. The Labute approximate surface area is 143 Å². The molecular weight excluding hydrogens is 327 g/mol. The Morgan fingerprint density at radius 2 is 2.04 bits per heavy atom. The number of nitrogens with zero attached hydrogens (tertiary/aromatic N) is 5. The molecule has 130 valence electrons. The lowest BCUT2D eigenvalue weighted by Crippen LogP contribution is -2.33. The number of hydrogen-bond donors (Lipinski definition) is 1. The Morgan fingerprint density at radius 3 is 2.60 bits per heavy atom. The number of amides is 2. The van der Waals surface area contributed by atoms with Crippen LogP contribution in [-0.2, 0) is 9.59 Å². The van der Waals surface area contributed by atoms with Crippen LogP contribution in [0.4, 0.5) is 4.39 Å². The second-order valence-corrected chi connectivity index (χ2v) is 5.86. The van der Waals surface area contributed by atoms with Gasteiger partial charge in [0.1, 0.15) is 11.5 Å². The lowest BCUT2D eigenvalue weighted by molar-refractivity contribution is -0.125. The van der Waals surface area contributed by atoms with Crippen LogP contribution < -0.4 is 5.73 Å². The molecule has 1 aliphatic heterocycles. The number of tetrazole rings is 1. The number of primary amides is 1. The number of hydrogen-bond acceptors (Lipinski definition) is 5. The second kappa shape index (κ2) is 6.80. The third-order valence-corrected chi connectivity index (χ3v) is 4.12. The number of carbonyl (C=O) groups is 2. The normalized spacial score (nSPS) is 17.8. The van der Waals surface area contributed by atoms with Gasteiger partial charge in [-0.1, -0.05) is 12.1 Å². The quantitative estimate of drug-likeness (QED) is 0.811. The number of rotatable bonds is 4. The fourth-order valence-electron chi connectivity index (χ4n) is 2.72. The minimum absolute atomic E-state index is 0.222. The number of likely N-dealkylation sites (tertiary alicyclic amines) is 1. The van der Waals surface area contributed by atoms with Gasteiger partial charge in [0.05, 0.1) is 5.92 Å². The molecule has 1 saturated heterocycles. The number of nitrogens with two attached hydrogens (primary N) is 1. The molecule has 9 heteroatoms. The van der Waals surface area contributed by atoms with Crippen molar-refractivity contribution in [1.82, 2.24) is 25.1 Å². The molecule has 1 atom stereocenters. The van der Waals surface area contributed by atoms with Gasteiger partial charge in [0, 0.05) is 13.1 Å². The van der Waals surface area contributed by atoms with Crippen LogP contribution in [0.3, 0.4) is 0 Å². The average molecular weight is 344 g/mol. The van der Waals surface area contributed by atoms with Crippen molar-refractivity contribution < 1.29 is 14.0 Å². The molecule has 0 saturated carbocycles. The van der Waals surface area contributed by atoms with Crippen molar-refractivity contribution in [2.45, 2.75) is 13.3 Å². The summed E-state index contributed by atoms with van der Waals surface area (Å²) in [6.07, 6.45) is 2.11. The topological polar surface area (TPSA) is 107 Å². The van der Waals surface area contributed by atoms with Crippen molar-refractivity contribution in [3.05, 3.63) is 41.5 Å². The van der Waals surface area contributed by atoms with Gasteiger partial charge in [0.15, 0.2) is 5.82 Å². The maximum atomic E-state index is 13.1. The number of aryl methyl sites for hydroxylation is 1. The van der Waals surface area contributed by atoms with Gasteiger partial charge >= 0.3 is 0 Å². The molecule has 1 aromatic heterocycles. The highest BCUT2D eigenvalue weighted by atomic mass is 19.1. The van der Waals surface area contributed by atoms with Gasteiger partial charge in [0.2, 0.25) is 5.91 Å². The van der Waals surface area contributed by atoms with Gasteiger partial charge in [0.25, 0.3) is 5.91 Å². The average Bonchev–Trinajstić information content (AvgIpc) is 3.23. The zero-order valence-corrected chi connectivity index (χ0v) is 13.6. The van der Waals surface area contributed by atoms with Crippen LogP contribution >= 0.6 is 0 Å². The zero-order valence-electron chi connectivity index (χ0n) is 13.6. The molecule has 2 aromatic rings. The van der Waals surface area contributed by atoms with Crippen molar-refractivity contribution in [3.8, 4) is 0 Å². The summed E-state index contributed by atoms with van der Waals surface area (Å²) in [5.74, 6) is -1.02. The highest BCUT2D eigenvalue weighted by molar-refractivity contribution is 6.18. The number of halogens is 1. The van der Waals surface area contributed by atoms with Crippen LogP contribution in [0.15, 0.2) is 24.3 Å². The molecule has 3 rings (SSSR count). The number of carbonyl (C=O) groups excluding carboxylic acids is 2. The molecule has 2 N–H and O–H groups in total. The number of benzene rings is 1. The smallest absolute Gasteiger partial charge is 0.272 e. The molecule has 1 aliphatic rings. The summed E-state index contributed by atoms with van der Waals surface area (Å²) in [5, 5.41) is 11.2. The molecule has 0 spiro atoms.